The standard InChI is InChI=1S/C25H24BrF3N4O3/c26-15-5-14(6-16(27)9-15)21(11-34)33-25(36)17-3-1-13(8-18(17)28)23-24(30)31-10-20(32-23)12-2-4-22(35)19(29)7-12/h1,3,5-6,8-10,12,19,21-22,34-35H,2,4,7,11H2,(H2,30,31)(H,33,36)/t12-,19-,21?,22+/m1/s1. The monoisotopic (exact) mass is 564 g/mol. The van der Waals surface area contributed by atoms with Crippen LogP contribution < -0.4 is 11.1 Å². The van der Waals surface area contributed by atoms with Gasteiger partial charge in [-0.15, -0.1) is 0 Å². The first-order chi connectivity index (χ1) is 17.2. The van der Waals surface area contributed by atoms with Gasteiger partial charge in [0.2, 0.25) is 0 Å². The van der Waals surface area contributed by atoms with Crippen molar-refractivity contribution in [2.75, 3.05) is 12.3 Å². The molecule has 1 heterocycles. The predicted molar refractivity (Wildman–Crippen MR) is 131 cm³/mol. The summed E-state index contributed by atoms with van der Waals surface area (Å²) in [7, 11) is 0. The van der Waals surface area contributed by atoms with E-state index in [1.807, 2.05) is 0 Å². The zero-order valence-electron chi connectivity index (χ0n) is 19.0. The number of rotatable bonds is 6. The van der Waals surface area contributed by atoms with Crippen LogP contribution in [0.5, 0.6) is 0 Å². The number of nitrogens with one attached hydrogen (secondary N) is 1. The first-order valence-electron chi connectivity index (χ1n) is 11.3. The molecule has 0 bridgehead atoms. The Kier molecular flexibility index (Phi) is 7.91. The zero-order chi connectivity index (χ0) is 26.0. The van der Waals surface area contributed by atoms with Crippen LogP contribution in [0.4, 0.5) is 19.0 Å². The van der Waals surface area contributed by atoms with E-state index in [9.17, 15) is 28.2 Å². The number of hydrogen-bond acceptors (Lipinski definition) is 6. The third-order valence-corrected chi connectivity index (χ3v) is 6.70. The van der Waals surface area contributed by atoms with Gasteiger partial charge in [0.05, 0.1) is 36.2 Å². The maximum Gasteiger partial charge on any atom is 0.254 e. The van der Waals surface area contributed by atoms with Crippen molar-refractivity contribution >= 4 is 27.7 Å². The van der Waals surface area contributed by atoms with Gasteiger partial charge in [-0.05, 0) is 55.2 Å². The van der Waals surface area contributed by atoms with Crippen LogP contribution in [0.3, 0.4) is 0 Å². The van der Waals surface area contributed by atoms with E-state index in [0.29, 0.717) is 28.6 Å². The van der Waals surface area contributed by atoms with Crippen molar-refractivity contribution in [2.45, 2.75) is 43.5 Å². The Balaban J connectivity index is 1.56. The lowest BCUT2D eigenvalue weighted by Crippen LogP contribution is -2.31. The highest BCUT2D eigenvalue weighted by atomic mass is 79.9. The Morgan fingerprint density at radius 2 is 2.00 bits per heavy atom. The molecule has 1 aliphatic rings. The van der Waals surface area contributed by atoms with Crippen molar-refractivity contribution in [3.05, 3.63) is 75.5 Å². The van der Waals surface area contributed by atoms with Gasteiger partial charge in [-0.25, -0.2) is 23.1 Å². The summed E-state index contributed by atoms with van der Waals surface area (Å²) in [6.45, 7) is -0.530. The van der Waals surface area contributed by atoms with E-state index in [4.69, 9.17) is 5.73 Å². The van der Waals surface area contributed by atoms with Crippen molar-refractivity contribution in [1.29, 1.82) is 0 Å². The highest BCUT2D eigenvalue weighted by Crippen LogP contribution is 2.35. The average Bonchev–Trinajstić information content (AvgIpc) is 2.83. The molecule has 5 N–H and O–H groups in total. The number of aromatic nitrogens is 2. The summed E-state index contributed by atoms with van der Waals surface area (Å²) in [5.41, 5.74) is 6.94. The van der Waals surface area contributed by atoms with Gasteiger partial charge in [-0.2, -0.15) is 0 Å². The number of nitrogens with zero attached hydrogens (tertiary/aromatic N) is 2. The summed E-state index contributed by atoms with van der Waals surface area (Å²) in [5, 5.41) is 21.8. The Hall–Kier alpha value is -3.02. The fraction of sp³-hybridized carbons (Fsp3) is 0.320. The molecule has 190 valence electrons. The smallest absolute Gasteiger partial charge is 0.254 e. The normalized spacial score (nSPS) is 20.7. The van der Waals surface area contributed by atoms with Crippen LogP contribution in [0.25, 0.3) is 11.3 Å². The topological polar surface area (TPSA) is 121 Å². The second kappa shape index (κ2) is 10.9. The van der Waals surface area contributed by atoms with Gasteiger partial charge in [-0.3, -0.25) is 4.79 Å². The van der Waals surface area contributed by atoms with Gasteiger partial charge in [-0.1, -0.05) is 22.0 Å². The zero-order valence-corrected chi connectivity index (χ0v) is 20.6. The molecule has 1 aromatic heterocycles. The second-order valence-corrected chi connectivity index (χ2v) is 9.64. The van der Waals surface area contributed by atoms with Gasteiger partial charge >= 0.3 is 0 Å². The van der Waals surface area contributed by atoms with E-state index >= 15 is 0 Å². The third-order valence-electron chi connectivity index (χ3n) is 6.24. The summed E-state index contributed by atoms with van der Waals surface area (Å²) < 4.78 is 43.2. The van der Waals surface area contributed by atoms with Crippen LogP contribution in [0.2, 0.25) is 0 Å². The van der Waals surface area contributed by atoms with Gasteiger partial charge in [0.1, 0.15) is 29.3 Å². The van der Waals surface area contributed by atoms with Gasteiger partial charge in [0, 0.05) is 16.0 Å². The molecule has 36 heavy (non-hydrogen) atoms. The molecule has 1 saturated carbocycles. The number of alkyl halides is 1. The number of halogens is 4. The summed E-state index contributed by atoms with van der Waals surface area (Å²) in [6.07, 6.45) is 0.0155. The van der Waals surface area contributed by atoms with E-state index in [0.717, 1.165) is 12.1 Å². The minimum absolute atomic E-state index is 0.0417. The van der Waals surface area contributed by atoms with Gasteiger partial charge in [0.25, 0.3) is 5.91 Å². The molecular formula is C25H24BrF3N4O3. The van der Waals surface area contributed by atoms with Crippen LogP contribution in [0, 0.1) is 11.6 Å². The highest BCUT2D eigenvalue weighted by molar-refractivity contribution is 9.10. The molecule has 0 radical (unpaired) electrons. The van der Waals surface area contributed by atoms with E-state index in [2.05, 4.69) is 31.2 Å². The maximum absolute atomic E-state index is 15.0. The number of carbonyl (C=O) groups is 1. The number of amides is 1. The Morgan fingerprint density at radius 1 is 1.22 bits per heavy atom. The number of benzene rings is 2. The Bertz CT molecular complexity index is 1260. The lowest BCUT2D eigenvalue weighted by Gasteiger charge is -2.28. The van der Waals surface area contributed by atoms with E-state index in [1.165, 1.54) is 30.5 Å². The largest absolute Gasteiger partial charge is 0.394 e. The second-order valence-electron chi connectivity index (χ2n) is 8.73. The molecule has 1 aliphatic carbocycles. The number of anilines is 1. The van der Waals surface area contributed by atoms with Crippen molar-refractivity contribution in [3.63, 3.8) is 0 Å². The SMILES string of the molecule is Nc1ncc([C@@H]2CC[C@H](O)[C@H](F)C2)nc1-c1ccc(C(=O)NC(CO)c2cc(F)cc(Br)c2)c(F)c1. The molecule has 4 rings (SSSR count). The molecule has 7 nitrogen and oxygen atoms in total. The van der Waals surface area contributed by atoms with Crippen molar-refractivity contribution < 1.29 is 28.2 Å². The molecule has 2 aromatic carbocycles. The molecule has 0 saturated heterocycles. The van der Waals surface area contributed by atoms with Crippen LogP contribution in [-0.2, 0) is 0 Å². The van der Waals surface area contributed by atoms with Gasteiger partial charge in [0.15, 0.2) is 0 Å². The number of aliphatic hydroxyl groups is 2. The average molecular weight is 565 g/mol. The molecule has 1 amide bonds. The molecule has 3 aromatic rings. The summed E-state index contributed by atoms with van der Waals surface area (Å²) in [5.74, 6) is -2.45. The molecule has 4 atom stereocenters. The summed E-state index contributed by atoms with van der Waals surface area (Å²) in [4.78, 5) is 21.3. The maximum atomic E-state index is 15.0. The quantitative estimate of drug-likeness (QED) is 0.356. The fourth-order valence-electron chi connectivity index (χ4n) is 4.28. The Labute approximate surface area is 213 Å². The van der Waals surface area contributed by atoms with Crippen LogP contribution in [0.1, 0.15) is 52.8 Å². The molecule has 11 heteroatoms. The summed E-state index contributed by atoms with van der Waals surface area (Å²) in [6, 6.07) is 6.77. The molecule has 0 aliphatic heterocycles. The highest BCUT2D eigenvalue weighted by Gasteiger charge is 2.31. The number of nitrogen functional groups attached to an aromatic ring is 1. The number of aliphatic hydroxyl groups excluding tert-OH is 2. The predicted octanol–water partition coefficient (Wildman–Crippen LogP) is 4.20. The van der Waals surface area contributed by atoms with E-state index in [1.54, 1.807) is 0 Å². The minimum Gasteiger partial charge on any atom is -0.394 e. The first kappa shape index (κ1) is 26.1. The lowest BCUT2D eigenvalue weighted by molar-refractivity contribution is 0.0363. The minimum atomic E-state index is -1.36. The fourth-order valence-corrected chi connectivity index (χ4v) is 4.77. The Morgan fingerprint density at radius 3 is 2.67 bits per heavy atom. The first-order valence-corrected chi connectivity index (χ1v) is 12.1. The molecule has 0 spiro atoms. The van der Waals surface area contributed by atoms with Crippen molar-refractivity contribution in [3.8, 4) is 11.3 Å². The lowest BCUT2D eigenvalue weighted by atomic mass is 9.84. The van der Waals surface area contributed by atoms with Gasteiger partial charge < -0.3 is 21.3 Å². The molecule has 1 fully saturated rings. The third kappa shape index (κ3) is 5.69. The number of carbonyl (C=O) groups excluding carboxylic acids is 1. The van der Waals surface area contributed by atoms with Crippen molar-refractivity contribution in [1.82, 2.24) is 15.3 Å². The van der Waals surface area contributed by atoms with Crippen molar-refractivity contribution in [2.24, 2.45) is 0 Å². The number of hydrogen-bond donors (Lipinski definition) is 4. The van der Waals surface area contributed by atoms with Crippen LogP contribution in [-0.4, -0.2) is 45.0 Å². The number of nitrogens with two attached hydrogens (primary N) is 1. The molecule has 1 unspecified atom stereocenters. The van der Waals surface area contributed by atoms with Crippen LogP contribution in [0.15, 0.2) is 47.1 Å². The summed E-state index contributed by atoms with van der Waals surface area (Å²) >= 11 is 3.16. The van der Waals surface area contributed by atoms with E-state index in [-0.39, 0.29) is 35.0 Å². The van der Waals surface area contributed by atoms with Crippen LogP contribution >= 0.6 is 15.9 Å². The van der Waals surface area contributed by atoms with E-state index < -0.39 is 42.5 Å². The molecular weight excluding hydrogens is 541 g/mol.